The molecule has 3 atom stereocenters. The smallest absolute Gasteiger partial charge is 0.344 e. The number of anilines is 1. The van der Waals surface area contributed by atoms with Crippen LogP contribution in [0.3, 0.4) is 0 Å². The van der Waals surface area contributed by atoms with Crippen LogP contribution >= 0.6 is 0 Å². The van der Waals surface area contributed by atoms with Crippen molar-refractivity contribution < 1.29 is 31.8 Å². The maximum atomic E-state index is 13.3. The number of halogens is 3. The SMILES string of the molecule is NCCN(CCN)S(=O)C(=O)NCCCC[C@H](N)C(=O)N[C@H](Cc1ccc(C(F)(F)F)cc1)C(=O)Nc1cnc2ccccc2c1. The number of hydrogen-bond donors (Lipinski definition) is 6. The van der Waals surface area contributed by atoms with E-state index in [2.05, 4.69) is 20.9 Å². The topological polar surface area (TPSA) is 199 Å². The summed E-state index contributed by atoms with van der Waals surface area (Å²) in [5.41, 5.74) is 17.7. The quantitative estimate of drug-likeness (QED) is 0.125. The van der Waals surface area contributed by atoms with E-state index < -0.39 is 51.9 Å². The molecule has 0 saturated carbocycles. The van der Waals surface area contributed by atoms with E-state index in [0.29, 0.717) is 29.6 Å². The fraction of sp³-hybridized carbons (Fsp3) is 0.400. The minimum absolute atomic E-state index is 0.0993. The molecule has 1 heterocycles. The number of pyridine rings is 1. The Balaban J connectivity index is 1.59. The van der Waals surface area contributed by atoms with E-state index in [4.69, 9.17) is 17.2 Å². The molecule has 0 spiro atoms. The Morgan fingerprint density at radius 2 is 1.63 bits per heavy atom. The fourth-order valence-corrected chi connectivity index (χ4v) is 5.48. The van der Waals surface area contributed by atoms with Gasteiger partial charge in [0.25, 0.3) is 0 Å². The van der Waals surface area contributed by atoms with Crippen LogP contribution in [0.2, 0.25) is 0 Å². The zero-order chi connectivity index (χ0) is 33.7. The average Bonchev–Trinajstić information content (AvgIpc) is 3.03. The minimum Gasteiger partial charge on any atom is -0.344 e. The van der Waals surface area contributed by atoms with Gasteiger partial charge in [-0.2, -0.15) is 13.2 Å². The van der Waals surface area contributed by atoms with Gasteiger partial charge in [0.05, 0.1) is 29.0 Å². The van der Waals surface area contributed by atoms with E-state index in [-0.39, 0.29) is 45.6 Å². The Kier molecular flexibility index (Phi) is 14.0. The Bertz CT molecular complexity index is 1490. The highest BCUT2D eigenvalue weighted by Crippen LogP contribution is 2.29. The van der Waals surface area contributed by atoms with Crippen molar-refractivity contribution in [3.8, 4) is 0 Å². The van der Waals surface area contributed by atoms with Crippen molar-refractivity contribution in [3.05, 3.63) is 71.9 Å². The van der Waals surface area contributed by atoms with Crippen LogP contribution in [-0.2, 0) is 33.2 Å². The van der Waals surface area contributed by atoms with Crippen molar-refractivity contribution in [2.75, 3.05) is 38.0 Å². The molecule has 0 fully saturated rings. The van der Waals surface area contributed by atoms with Gasteiger partial charge in [-0.1, -0.05) is 30.3 Å². The van der Waals surface area contributed by atoms with E-state index in [0.717, 1.165) is 17.5 Å². The maximum Gasteiger partial charge on any atom is 0.416 e. The first-order chi connectivity index (χ1) is 21.9. The first-order valence-electron chi connectivity index (χ1n) is 14.7. The van der Waals surface area contributed by atoms with Crippen molar-refractivity contribution in [1.82, 2.24) is 19.9 Å². The summed E-state index contributed by atoms with van der Waals surface area (Å²) in [7, 11) is -1.94. The van der Waals surface area contributed by atoms with E-state index >= 15 is 0 Å². The first-order valence-corrected chi connectivity index (χ1v) is 15.8. The highest BCUT2D eigenvalue weighted by molar-refractivity contribution is 7.98. The summed E-state index contributed by atoms with van der Waals surface area (Å²) in [6.07, 6.45) is -2.09. The van der Waals surface area contributed by atoms with Gasteiger partial charge in [0, 0.05) is 44.5 Å². The number of nitrogens with zero attached hydrogens (tertiary/aromatic N) is 2. The van der Waals surface area contributed by atoms with E-state index in [9.17, 15) is 31.8 Å². The molecule has 46 heavy (non-hydrogen) atoms. The Labute approximate surface area is 267 Å². The second-order valence-electron chi connectivity index (χ2n) is 10.4. The van der Waals surface area contributed by atoms with Crippen LogP contribution in [0.4, 0.5) is 23.7 Å². The summed E-state index contributed by atoms with van der Waals surface area (Å²) in [6.45, 7) is 1.12. The molecular weight excluding hydrogens is 625 g/mol. The summed E-state index contributed by atoms with van der Waals surface area (Å²) >= 11 is 0. The predicted octanol–water partition coefficient (Wildman–Crippen LogP) is 2.01. The Morgan fingerprint density at radius 1 is 0.957 bits per heavy atom. The number of hydrogen-bond acceptors (Lipinski definition) is 8. The lowest BCUT2D eigenvalue weighted by molar-refractivity contribution is -0.137. The standard InChI is InChI=1S/C30H39F3N8O4S/c31-30(32,33)22-10-8-20(9-11-22)17-26(28(43)39-23-18-21-5-1-2-7-25(21)38-19-23)40-27(42)24(36)6-3-4-14-37-29(44)46(45)41(15-12-34)16-13-35/h1-2,5,7-11,18-19,24,26H,3-4,6,12-17,34-36H2,(H,37,44)(H,39,43)(H,40,42)/t24-,26+,46?/m0/s1. The first kappa shape index (κ1) is 36.5. The lowest BCUT2D eigenvalue weighted by Crippen LogP contribution is -2.51. The van der Waals surface area contributed by atoms with Crippen LogP contribution in [0.1, 0.15) is 30.4 Å². The number of amides is 3. The molecule has 1 unspecified atom stereocenters. The number of para-hydroxylation sites is 1. The molecule has 0 aliphatic carbocycles. The molecule has 0 aliphatic heterocycles. The predicted molar refractivity (Wildman–Crippen MR) is 171 cm³/mol. The molecule has 0 radical (unpaired) electrons. The molecule has 2 aromatic carbocycles. The van der Waals surface area contributed by atoms with Gasteiger partial charge in [0.1, 0.15) is 6.04 Å². The molecular formula is C30H39F3N8O4S. The summed E-state index contributed by atoms with van der Waals surface area (Å²) in [6, 6.07) is 11.1. The summed E-state index contributed by atoms with van der Waals surface area (Å²) in [4.78, 5) is 42.9. The minimum atomic E-state index is -4.52. The lowest BCUT2D eigenvalue weighted by Gasteiger charge is -2.21. The molecule has 0 saturated heterocycles. The molecule has 3 rings (SSSR count). The van der Waals surface area contributed by atoms with Gasteiger partial charge in [-0.05, 0) is 49.1 Å². The molecule has 3 aromatic rings. The van der Waals surface area contributed by atoms with Crippen molar-refractivity contribution >= 4 is 44.6 Å². The molecule has 1 aromatic heterocycles. The van der Waals surface area contributed by atoms with Crippen LogP contribution in [-0.4, -0.2) is 75.4 Å². The fourth-order valence-electron chi connectivity index (χ4n) is 4.48. The lowest BCUT2D eigenvalue weighted by atomic mass is 10.0. The van der Waals surface area contributed by atoms with Gasteiger partial charge in [0.15, 0.2) is 11.0 Å². The van der Waals surface area contributed by atoms with Crippen LogP contribution < -0.4 is 33.2 Å². The number of nitrogens with two attached hydrogens (primary N) is 3. The zero-order valence-corrected chi connectivity index (χ0v) is 25.9. The molecule has 9 N–H and O–H groups in total. The third kappa shape index (κ3) is 11.1. The molecule has 16 heteroatoms. The summed E-state index contributed by atoms with van der Waals surface area (Å²) in [5.74, 6) is -1.24. The number of rotatable bonds is 16. The molecule has 3 amide bonds. The van der Waals surface area contributed by atoms with E-state index in [1.807, 2.05) is 24.3 Å². The molecule has 0 bridgehead atoms. The van der Waals surface area contributed by atoms with E-state index in [1.54, 1.807) is 6.07 Å². The average molecular weight is 665 g/mol. The van der Waals surface area contributed by atoms with Crippen molar-refractivity contribution in [2.24, 2.45) is 17.2 Å². The summed E-state index contributed by atoms with van der Waals surface area (Å²) in [5, 5.41) is 8.01. The van der Waals surface area contributed by atoms with Crippen LogP contribution in [0.25, 0.3) is 10.9 Å². The Morgan fingerprint density at radius 3 is 2.28 bits per heavy atom. The molecule has 0 aliphatic rings. The van der Waals surface area contributed by atoms with Crippen LogP contribution in [0.5, 0.6) is 0 Å². The van der Waals surface area contributed by atoms with E-state index in [1.165, 1.54) is 22.6 Å². The second-order valence-corrected chi connectivity index (χ2v) is 11.8. The van der Waals surface area contributed by atoms with Gasteiger partial charge in [-0.25, -0.2) is 8.51 Å². The van der Waals surface area contributed by atoms with Gasteiger partial charge in [0.2, 0.25) is 11.8 Å². The van der Waals surface area contributed by atoms with Crippen molar-refractivity contribution in [1.29, 1.82) is 0 Å². The summed E-state index contributed by atoms with van der Waals surface area (Å²) < 4.78 is 52.9. The number of carbonyl (C=O) groups is 3. The Hall–Kier alpha value is -3.96. The van der Waals surface area contributed by atoms with Crippen molar-refractivity contribution in [2.45, 2.75) is 43.9 Å². The number of unbranched alkanes of at least 4 members (excludes halogenated alkanes) is 1. The normalized spacial score (nSPS) is 13.6. The number of benzene rings is 2. The highest BCUT2D eigenvalue weighted by Gasteiger charge is 2.30. The van der Waals surface area contributed by atoms with Gasteiger partial charge in [-0.3, -0.25) is 19.4 Å². The van der Waals surface area contributed by atoms with Gasteiger partial charge in [-0.15, -0.1) is 0 Å². The largest absolute Gasteiger partial charge is 0.416 e. The number of alkyl halides is 3. The number of fused-ring (bicyclic) bond motifs is 1. The monoisotopic (exact) mass is 664 g/mol. The number of aromatic nitrogens is 1. The zero-order valence-electron chi connectivity index (χ0n) is 25.1. The third-order valence-electron chi connectivity index (χ3n) is 6.91. The van der Waals surface area contributed by atoms with Gasteiger partial charge >= 0.3 is 11.4 Å². The number of carbonyl (C=O) groups excluding carboxylic acids is 3. The van der Waals surface area contributed by atoms with Crippen molar-refractivity contribution in [3.63, 3.8) is 0 Å². The number of nitrogens with one attached hydrogen (secondary N) is 3. The molecule has 12 nitrogen and oxygen atoms in total. The van der Waals surface area contributed by atoms with Crippen LogP contribution in [0.15, 0.2) is 60.8 Å². The van der Waals surface area contributed by atoms with Crippen LogP contribution in [0, 0.1) is 0 Å². The maximum absolute atomic E-state index is 13.3. The molecule has 250 valence electrons. The second kappa shape index (κ2) is 17.7. The highest BCUT2D eigenvalue weighted by atomic mass is 32.2. The third-order valence-corrected chi connectivity index (χ3v) is 8.21. The van der Waals surface area contributed by atoms with Gasteiger partial charge < -0.3 is 33.2 Å².